The summed E-state index contributed by atoms with van der Waals surface area (Å²) >= 11 is 0. The predicted octanol–water partition coefficient (Wildman–Crippen LogP) is 0.526. The van der Waals surface area contributed by atoms with Crippen LogP contribution in [0.2, 0.25) is 0 Å². The zero-order chi connectivity index (χ0) is 11.0. The van der Waals surface area contributed by atoms with Crippen LogP contribution >= 0.6 is 0 Å². The van der Waals surface area contributed by atoms with Crippen LogP contribution in [0.5, 0.6) is 0 Å². The molecule has 0 amide bonds. The van der Waals surface area contributed by atoms with Gasteiger partial charge in [0.05, 0.1) is 6.10 Å². The molecule has 2 atom stereocenters. The fourth-order valence-corrected chi connectivity index (χ4v) is 1.14. The van der Waals surface area contributed by atoms with E-state index in [0.29, 0.717) is 6.42 Å². The van der Waals surface area contributed by atoms with E-state index in [0.717, 1.165) is 13.2 Å². The largest absolute Gasteiger partial charge is 0.409 e. The average molecular weight is 203 g/mol. The third kappa shape index (κ3) is 6.68. The van der Waals surface area contributed by atoms with Crippen molar-refractivity contribution in [2.45, 2.75) is 39.3 Å². The molecule has 0 bridgehead atoms. The molecule has 0 heterocycles. The van der Waals surface area contributed by atoms with Gasteiger partial charge in [-0.25, -0.2) is 0 Å². The van der Waals surface area contributed by atoms with Crippen LogP contribution in [0.15, 0.2) is 5.16 Å². The number of nitrogens with zero attached hydrogens (tertiary/aromatic N) is 1. The molecule has 0 saturated heterocycles. The first-order valence-corrected chi connectivity index (χ1v) is 4.91. The van der Waals surface area contributed by atoms with Crippen LogP contribution in [0.1, 0.15) is 27.2 Å². The third-order valence-corrected chi connectivity index (χ3v) is 1.85. The van der Waals surface area contributed by atoms with E-state index in [1.165, 1.54) is 0 Å². The molecule has 0 fully saturated rings. The maximum absolute atomic E-state index is 8.36. The minimum atomic E-state index is 0.189. The normalized spacial score (nSPS) is 16.6. The van der Waals surface area contributed by atoms with Crippen molar-refractivity contribution in [3.63, 3.8) is 0 Å². The van der Waals surface area contributed by atoms with E-state index in [9.17, 15) is 0 Å². The first-order chi connectivity index (χ1) is 6.60. The lowest BCUT2D eigenvalue weighted by atomic mass is 10.2. The van der Waals surface area contributed by atoms with E-state index in [1.54, 1.807) is 0 Å². The lowest BCUT2D eigenvalue weighted by Crippen LogP contribution is -2.36. The summed E-state index contributed by atoms with van der Waals surface area (Å²) in [5, 5.41) is 14.5. The number of amidine groups is 1. The summed E-state index contributed by atoms with van der Waals surface area (Å²) in [6.07, 6.45) is 0.727. The summed E-state index contributed by atoms with van der Waals surface area (Å²) < 4.78 is 5.35. The molecule has 0 rings (SSSR count). The van der Waals surface area contributed by atoms with Crippen LogP contribution in [0.25, 0.3) is 0 Å². The molecular weight excluding hydrogens is 182 g/mol. The highest BCUT2D eigenvalue weighted by atomic mass is 16.5. The Kier molecular flexibility index (Phi) is 7.14. The molecule has 0 spiro atoms. The summed E-state index contributed by atoms with van der Waals surface area (Å²) in [6.45, 7) is 7.45. The Morgan fingerprint density at radius 3 is 2.71 bits per heavy atom. The topological polar surface area (TPSA) is 79.9 Å². The predicted molar refractivity (Wildman–Crippen MR) is 56.6 cm³/mol. The van der Waals surface area contributed by atoms with Crippen molar-refractivity contribution in [2.75, 3.05) is 13.2 Å². The zero-order valence-corrected chi connectivity index (χ0v) is 9.16. The van der Waals surface area contributed by atoms with E-state index in [1.807, 2.05) is 20.8 Å². The molecule has 5 heteroatoms. The molecule has 0 aliphatic rings. The highest BCUT2D eigenvalue weighted by molar-refractivity contribution is 5.80. The average Bonchev–Trinajstić information content (AvgIpc) is 2.15. The van der Waals surface area contributed by atoms with Crippen molar-refractivity contribution < 1.29 is 9.94 Å². The summed E-state index contributed by atoms with van der Waals surface area (Å²) in [7, 11) is 0. The van der Waals surface area contributed by atoms with Crippen LogP contribution in [0.4, 0.5) is 0 Å². The number of ether oxygens (including phenoxy) is 1. The number of hydrogen-bond acceptors (Lipinski definition) is 4. The monoisotopic (exact) mass is 203 g/mol. The second kappa shape index (κ2) is 7.58. The van der Waals surface area contributed by atoms with Crippen LogP contribution in [-0.4, -0.2) is 36.3 Å². The molecule has 0 aromatic carbocycles. The van der Waals surface area contributed by atoms with Crippen molar-refractivity contribution in [1.82, 2.24) is 5.32 Å². The molecular formula is C9H21N3O2. The van der Waals surface area contributed by atoms with Gasteiger partial charge in [-0.15, -0.1) is 0 Å². The van der Waals surface area contributed by atoms with Gasteiger partial charge in [0, 0.05) is 25.6 Å². The van der Waals surface area contributed by atoms with Crippen LogP contribution in [0.3, 0.4) is 0 Å². The first-order valence-electron chi connectivity index (χ1n) is 4.91. The van der Waals surface area contributed by atoms with Gasteiger partial charge in [-0.3, -0.25) is 0 Å². The smallest absolute Gasteiger partial charge is 0.140 e. The van der Waals surface area contributed by atoms with Gasteiger partial charge in [0.25, 0.3) is 0 Å². The van der Waals surface area contributed by atoms with Gasteiger partial charge in [0.2, 0.25) is 0 Å². The Bertz CT molecular complexity index is 173. The minimum absolute atomic E-state index is 0.189. The molecule has 0 radical (unpaired) electrons. The van der Waals surface area contributed by atoms with Crippen LogP contribution in [0, 0.1) is 0 Å². The van der Waals surface area contributed by atoms with Gasteiger partial charge < -0.3 is 21.0 Å². The quantitative estimate of drug-likeness (QED) is 0.244. The Labute approximate surface area is 85.3 Å². The second-order valence-corrected chi connectivity index (χ2v) is 3.37. The molecule has 0 aliphatic carbocycles. The summed E-state index contributed by atoms with van der Waals surface area (Å²) in [6, 6.07) is 0.189. The van der Waals surface area contributed by atoms with Gasteiger partial charge in [-0.1, -0.05) is 5.16 Å². The van der Waals surface area contributed by atoms with E-state index in [4.69, 9.17) is 15.7 Å². The maximum atomic E-state index is 8.36. The highest BCUT2D eigenvalue weighted by Gasteiger charge is 2.06. The summed E-state index contributed by atoms with van der Waals surface area (Å²) in [5.41, 5.74) is 5.37. The number of nitrogens with two attached hydrogens (primary N) is 1. The second-order valence-electron chi connectivity index (χ2n) is 3.37. The fraction of sp³-hybridized carbons (Fsp3) is 0.889. The molecule has 5 nitrogen and oxygen atoms in total. The number of oxime groups is 1. The van der Waals surface area contributed by atoms with Crippen molar-refractivity contribution in [3.8, 4) is 0 Å². The van der Waals surface area contributed by atoms with Crippen molar-refractivity contribution in [3.05, 3.63) is 0 Å². The molecule has 0 aromatic rings. The Morgan fingerprint density at radius 2 is 2.21 bits per heavy atom. The van der Waals surface area contributed by atoms with Crippen molar-refractivity contribution in [1.29, 1.82) is 0 Å². The minimum Gasteiger partial charge on any atom is -0.409 e. The highest BCUT2D eigenvalue weighted by Crippen LogP contribution is 1.93. The molecule has 2 unspecified atom stereocenters. The lowest BCUT2D eigenvalue weighted by molar-refractivity contribution is 0.0745. The SMILES string of the molecule is CCOC(C)CNC(C)CC(N)=NO. The molecule has 0 aromatic heterocycles. The van der Waals surface area contributed by atoms with Gasteiger partial charge >= 0.3 is 0 Å². The summed E-state index contributed by atoms with van der Waals surface area (Å²) in [4.78, 5) is 0. The van der Waals surface area contributed by atoms with E-state index >= 15 is 0 Å². The first kappa shape index (κ1) is 13.2. The van der Waals surface area contributed by atoms with E-state index in [2.05, 4.69) is 10.5 Å². The van der Waals surface area contributed by atoms with Gasteiger partial charge in [-0.2, -0.15) is 0 Å². The Hall–Kier alpha value is -0.810. The van der Waals surface area contributed by atoms with Crippen LogP contribution < -0.4 is 11.1 Å². The Morgan fingerprint density at radius 1 is 1.57 bits per heavy atom. The van der Waals surface area contributed by atoms with E-state index < -0.39 is 0 Å². The van der Waals surface area contributed by atoms with Gasteiger partial charge in [-0.05, 0) is 20.8 Å². The van der Waals surface area contributed by atoms with Crippen molar-refractivity contribution >= 4 is 5.84 Å². The van der Waals surface area contributed by atoms with Crippen molar-refractivity contribution in [2.24, 2.45) is 10.9 Å². The van der Waals surface area contributed by atoms with E-state index in [-0.39, 0.29) is 18.0 Å². The lowest BCUT2D eigenvalue weighted by Gasteiger charge is -2.17. The fourth-order valence-electron chi connectivity index (χ4n) is 1.14. The molecule has 14 heavy (non-hydrogen) atoms. The summed E-state index contributed by atoms with van der Waals surface area (Å²) in [5.74, 6) is 0.245. The molecule has 0 aliphatic heterocycles. The van der Waals surface area contributed by atoms with Gasteiger partial charge in [0.1, 0.15) is 5.84 Å². The standard InChI is InChI=1S/C9H21N3O2/c1-4-14-8(3)6-11-7(2)5-9(10)12-13/h7-8,11,13H,4-6H2,1-3H3,(H2,10,12). The Balaban J connectivity index is 3.57. The number of nitrogens with one attached hydrogen (secondary N) is 1. The maximum Gasteiger partial charge on any atom is 0.140 e. The molecule has 4 N–H and O–H groups in total. The third-order valence-electron chi connectivity index (χ3n) is 1.85. The molecule has 0 saturated carbocycles. The molecule has 84 valence electrons. The number of hydrogen-bond donors (Lipinski definition) is 3. The van der Waals surface area contributed by atoms with Crippen LogP contribution in [-0.2, 0) is 4.74 Å². The zero-order valence-electron chi connectivity index (χ0n) is 9.16. The number of rotatable bonds is 7. The van der Waals surface area contributed by atoms with Gasteiger partial charge in [0.15, 0.2) is 0 Å².